The molecule has 21 atom stereocenters. The van der Waals surface area contributed by atoms with Crippen LogP contribution in [0.25, 0.3) is 0 Å². The zero-order valence-electron chi connectivity index (χ0n) is 38.7. The molecule has 16 nitrogen and oxygen atoms in total. The van der Waals surface area contributed by atoms with Crippen molar-refractivity contribution in [2.75, 3.05) is 13.2 Å². The van der Waals surface area contributed by atoms with Gasteiger partial charge in [-0.2, -0.15) is 0 Å². The molecule has 0 spiro atoms. The molecule has 4 heterocycles. The number of phenolic OH excluding ortho intramolecular Hbond substituents is 1. The molecule has 4 aliphatic carbocycles. The summed E-state index contributed by atoms with van der Waals surface area (Å²) < 4.78 is 42.1. The van der Waals surface area contributed by atoms with E-state index in [1.54, 1.807) is 32.1 Å². The van der Waals surface area contributed by atoms with E-state index < -0.39 is 90.9 Å². The molecular formula is C49H75NO15. The van der Waals surface area contributed by atoms with E-state index in [2.05, 4.69) is 6.92 Å². The maximum Gasteiger partial charge on any atom is 0.331 e. The van der Waals surface area contributed by atoms with Crippen molar-refractivity contribution in [2.45, 2.75) is 203 Å². The summed E-state index contributed by atoms with van der Waals surface area (Å²) in [5.41, 5.74) is 5.61. The molecule has 0 bridgehead atoms. The van der Waals surface area contributed by atoms with Crippen molar-refractivity contribution in [3.8, 4) is 5.75 Å². The predicted molar refractivity (Wildman–Crippen MR) is 233 cm³/mol. The molecule has 366 valence electrons. The number of carbonyl (C=O) groups is 1. The Morgan fingerprint density at radius 1 is 0.723 bits per heavy atom. The molecule has 1 aromatic carbocycles. The molecule has 4 aliphatic heterocycles. The summed E-state index contributed by atoms with van der Waals surface area (Å²) >= 11 is 0. The third kappa shape index (κ3) is 9.56. The molecule has 1 aromatic rings. The Hall–Kier alpha value is -2.29. The molecule has 0 amide bonds. The average Bonchev–Trinajstić information content (AvgIpc) is 3.81. The van der Waals surface area contributed by atoms with Crippen molar-refractivity contribution in [2.24, 2.45) is 40.2 Å². The van der Waals surface area contributed by atoms with Crippen LogP contribution in [-0.2, 0) is 44.4 Å². The lowest BCUT2D eigenvalue weighted by Gasteiger charge is -2.65. The van der Waals surface area contributed by atoms with Crippen LogP contribution in [0.15, 0.2) is 35.9 Å². The monoisotopic (exact) mass is 918 g/mol. The lowest BCUT2D eigenvalue weighted by Crippen LogP contribution is -2.67. The van der Waals surface area contributed by atoms with Crippen LogP contribution in [0.2, 0.25) is 0 Å². The number of aliphatic hydroxyl groups is 6. The standard InChI is InChI=1S/C41H64O14.C8H11NO/c1-19-36(47)28(42)15-34(50-19)54-38-21(3)52-35(17-30(38)44)55-37-20(2)51-33(16-29(37)43)53-24-8-10-39(4)23(13-24)6-7-26-27(39)14-31(45)40(5)25(9-11-41(26,40)48)22-12-32(46)49-18-22;9-6-5-7-1-3-8(10)4-2-7/h12,19-21,23-31,33-38,42-45,47-48H,6-11,13-18H2,1-5H3;1-4,10H,5-6,9H2/t19-,20-,21-,23-,24+,25-,26-,27+,28+,29+,30+,31-,33+,34+,35+,36-,37-,38-,39+,40+,41+;/m1./s1. The van der Waals surface area contributed by atoms with Gasteiger partial charge in [-0.05, 0) is 137 Å². The van der Waals surface area contributed by atoms with Gasteiger partial charge in [0.25, 0.3) is 0 Å². The van der Waals surface area contributed by atoms with Crippen molar-refractivity contribution >= 4 is 5.97 Å². The topological polar surface area (TPSA) is 249 Å². The molecule has 7 fully saturated rings. The lowest BCUT2D eigenvalue weighted by molar-refractivity contribution is -0.336. The molecule has 3 saturated heterocycles. The minimum Gasteiger partial charge on any atom is -0.508 e. The summed E-state index contributed by atoms with van der Waals surface area (Å²) in [7, 11) is 0. The number of phenols is 1. The second kappa shape index (κ2) is 19.6. The van der Waals surface area contributed by atoms with Gasteiger partial charge in [0.2, 0.25) is 0 Å². The first-order chi connectivity index (χ1) is 30.8. The highest BCUT2D eigenvalue weighted by molar-refractivity contribution is 5.85. The quantitative estimate of drug-likeness (QED) is 0.131. The van der Waals surface area contributed by atoms with Crippen LogP contribution in [0.5, 0.6) is 5.75 Å². The van der Waals surface area contributed by atoms with Gasteiger partial charge in [-0.3, -0.25) is 0 Å². The predicted octanol–water partition coefficient (Wildman–Crippen LogP) is 3.11. The number of aromatic hydroxyl groups is 1. The van der Waals surface area contributed by atoms with Crippen LogP contribution in [0.1, 0.15) is 111 Å². The molecule has 9 rings (SSSR count). The van der Waals surface area contributed by atoms with E-state index in [0.29, 0.717) is 31.1 Å². The smallest absolute Gasteiger partial charge is 0.331 e. The molecule has 65 heavy (non-hydrogen) atoms. The Morgan fingerprint density at radius 3 is 1.89 bits per heavy atom. The maximum atomic E-state index is 12.6. The number of benzene rings is 1. The van der Waals surface area contributed by atoms with Gasteiger partial charge in [-0.25, -0.2) is 4.79 Å². The Bertz CT molecular complexity index is 1780. The largest absolute Gasteiger partial charge is 0.508 e. The third-order valence-corrected chi connectivity index (χ3v) is 17.3. The van der Waals surface area contributed by atoms with E-state index in [-0.39, 0.29) is 61.1 Å². The van der Waals surface area contributed by atoms with Crippen LogP contribution >= 0.6 is 0 Å². The van der Waals surface area contributed by atoms with Crippen molar-refractivity contribution in [3.63, 3.8) is 0 Å². The van der Waals surface area contributed by atoms with Crippen molar-refractivity contribution in [1.82, 2.24) is 0 Å². The second-order valence-corrected chi connectivity index (χ2v) is 21.0. The summed E-state index contributed by atoms with van der Waals surface area (Å²) in [6, 6.07) is 7.10. The highest BCUT2D eigenvalue weighted by atomic mass is 16.7. The fourth-order valence-corrected chi connectivity index (χ4v) is 13.6. The summed E-state index contributed by atoms with van der Waals surface area (Å²) in [5, 5.41) is 75.8. The van der Waals surface area contributed by atoms with Crippen LogP contribution < -0.4 is 5.73 Å². The fraction of sp³-hybridized carbons (Fsp3) is 0.816. The lowest BCUT2D eigenvalue weighted by atomic mass is 9.42. The minimum absolute atomic E-state index is 0.0452. The van der Waals surface area contributed by atoms with E-state index in [1.807, 2.05) is 26.0 Å². The average molecular weight is 918 g/mol. The van der Waals surface area contributed by atoms with Gasteiger partial charge in [0, 0.05) is 30.8 Å². The molecule has 4 saturated carbocycles. The molecule has 0 radical (unpaired) electrons. The third-order valence-electron chi connectivity index (χ3n) is 17.3. The minimum atomic E-state index is -1.01. The van der Waals surface area contributed by atoms with Gasteiger partial charge < -0.3 is 74.6 Å². The number of carbonyl (C=O) groups excluding carboxylic acids is 1. The fourth-order valence-electron chi connectivity index (χ4n) is 13.6. The molecular weight excluding hydrogens is 843 g/mol. The molecule has 9 N–H and O–H groups in total. The van der Waals surface area contributed by atoms with Gasteiger partial charge in [-0.1, -0.05) is 26.0 Å². The molecule has 0 unspecified atom stereocenters. The highest BCUT2D eigenvalue weighted by Crippen LogP contribution is 2.70. The van der Waals surface area contributed by atoms with Crippen LogP contribution in [0.3, 0.4) is 0 Å². The number of ether oxygens (including phenoxy) is 7. The molecule has 16 heteroatoms. The number of hydrogen-bond donors (Lipinski definition) is 8. The van der Waals surface area contributed by atoms with Gasteiger partial charge >= 0.3 is 5.97 Å². The number of cyclic esters (lactones) is 1. The van der Waals surface area contributed by atoms with E-state index in [0.717, 1.165) is 50.5 Å². The number of rotatable bonds is 9. The van der Waals surface area contributed by atoms with E-state index in [9.17, 15) is 35.4 Å². The molecule has 0 aromatic heterocycles. The number of nitrogens with two attached hydrogens (primary N) is 1. The summed E-state index contributed by atoms with van der Waals surface area (Å²) in [6.45, 7) is 10.6. The van der Waals surface area contributed by atoms with E-state index in [4.69, 9.17) is 44.0 Å². The first-order valence-corrected chi connectivity index (χ1v) is 24.2. The van der Waals surface area contributed by atoms with Crippen molar-refractivity contribution < 1.29 is 73.7 Å². The SMILES string of the molecule is C[C@H]1O[C@@H](O[C@H]2[C@@H](O)C[C@H](O[C@H]3[C@@H](O)C[C@H](O[C@H]4CC[C@@]5(C)[C@H](CC[C@@H]6[C@@H]5C[C@@H](O)[C@]5(C)[C@@H](C7=CC(=O)OC7)CC[C@]65O)C4)O[C@@H]3C)O[C@@H]2C)C[C@H](O)[C@@H]1O.NCCc1ccc(O)cc1. The van der Waals surface area contributed by atoms with Gasteiger partial charge in [0.15, 0.2) is 18.9 Å². The summed E-state index contributed by atoms with van der Waals surface area (Å²) in [6.07, 6.45) is -0.637. The Morgan fingerprint density at radius 2 is 1.32 bits per heavy atom. The van der Waals surface area contributed by atoms with Crippen LogP contribution in [0, 0.1) is 34.5 Å². The van der Waals surface area contributed by atoms with Crippen molar-refractivity contribution in [1.29, 1.82) is 0 Å². The Labute approximate surface area is 382 Å². The first-order valence-electron chi connectivity index (χ1n) is 24.2. The Balaban J connectivity index is 0.000000511. The summed E-state index contributed by atoms with van der Waals surface area (Å²) in [5.74, 6) is 0.510. The number of fused-ring (bicyclic) bond motifs is 5. The van der Waals surface area contributed by atoms with E-state index >= 15 is 0 Å². The number of aliphatic hydroxyl groups excluding tert-OH is 5. The highest BCUT2D eigenvalue weighted by Gasteiger charge is 2.71. The zero-order valence-corrected chi connectivity index (χ0v) is 38.7. The van der Waals surface area contributed by atoms with Crippen LogP contribution in [-0.4, -0.2) is 146 Å². The summed E-state index contributed by atoms with van der Waals surface area (Å²) in [4.78, 5) is 11.9. The number of esters is 1. The van der Waals surface area contributed by atoms with E-state index in [1.165, 1.54) is 5.56 Å². The maximum absolute atomic E-state index is 12.6. The van der Waals surface area contributed by atoms with Crippen molar-refractivity contribution in [3.05, 3.63) is 41.5 Å². The van der Waals surface area contributed by atoms with Crippen LogP contribution in [0.4, 0.5) is 0 Å². The van der Waals surface area contributed by atoms with Gasteiger partial charge in [0.1, 0.15) is 30.7 Å². The Kier molecular flexibility index (Phi) is 14.8. The zero-order chi connectivity index (χ0) is 46.6. The second-order valence-electron chi connectivity index (χ2n) is 21.0. The normalized spacial score (nSPS) is 48.5. The first kappa shape index (κ1) is 49.1. The molecule has 8 aliphatic rings. The number of hydrogen-bond acceptors (Lipinski definition) is 16. The van der Waals surface area contributed by atoms with Gasteiger partial charge in [-0.15, -0.1) is 0 Å². The van der Waals surface area contributed by atoms with Gasteiger partial charge in [0.05, 0.1) is 54.4 Å².